The molecule has 0 saturated heterocycles. The van der Waals surface area contributed by atoms with Gasteiger partial charge in [-0.05, 0) is 39.0 Å². The Balaban J connectivity index is 2.05. The zero-order chi connectivity index (χ0) is 13.1. The fraction of sp³-hybridized carbons (Fsp3) is 0.786. The largest absolute Gasteiger partial charge is 0.328 e. The molecule has 1 heterocycles. The maximum absolute atomic E-state index is 5.94. The van der Waals surface area contributed by atoms with Crippen molar-refractivity contribution in [2.75, 3.05) is 5.75 Å². The Morgan fingerprint density at radius 1 is 1.44 bits per heavy atom. The molecule has 0 amide bonds. The van der Waals surface area contributed by atoms with E-state index in [-0.39, 0.29) is 6.04 Å². The normalized spacial score (nSPS) is 18.4. The lowest BCUT2D eigenvalue weighted by atomic mass is 10.1. The number of nitrogens with two attached hydrogens (primary N) is 1. The van der Waals surface area contributed by atoms with Crippen molar-refractivity contribution in [2.24, 2.45) is 18.7 Å². The Bertz CT molecular complexity index is 392. The SMILES string of the molecule is Cc1nn(C)c(SCC2CCCC2)c1CC(C)N. The Labute approximate surface area is 115 Å². The highest BCUT2D eigenvalue weighted by Gasteiger charge is 2.19. The van der Waals surface area contributed by atoms with Gasteiger partial charge in [0.2, 0.25) is 0 Å². The van der Waals surface area contributed by atoms with E-state index in [1.54, 1.807) is 0 Å². The Hall–Kier alpha value is -0.480. The van der Waals surface area contributed by atoms with Gasteiger partial charge in [-0.1, -0.05) is 12.8 Å². The molecule has 2 N–H and O–H groups in total. The molecule has 0 aromatic carbocycles. The predicted octanol–water partition coefficient (Wildman–Crippen LogP) is 2.90. The van der Waals surface area contributed by atoms with Crippen LogP contribution in [0.5, 0.6) is 0 Å². The molecular formula is C14H25N3S. The summed E-state index contributed by atoms with van der Waals surface area (Å²) >= 11 is 1.98. The molecule has 1 fully saturated rings. The number of aromatic nitrogens is 2. The summed E-state index contributed by atoms with van der Waals surface area (Å²) in [6, 6.07) is 0.207. The molecule has 1 unspecified atom stereocenters. The first kappa shape index (κ1) is 13.9. The molecule has 0 aliphatic heterocycles. The minimum absolute atomic E-state index is 0.207. The van der Waals surface area contributed by atoms with Crippen LogP contribution in [0.4, 0.5) is 0 Å². The topological polar surface area (TPSA) is 43.8 Å². The summed E-state index contributed by atoms with van der Waals surface area (Å²) in [4.78, 5) is 0. The van der Waals surface area contributed by atoms with E-state index in [4.69, 9.17) is 5.73 Å². The smallest absolute Gasteiger partial charge is 0.0972 e. The van der Waals surface area contributed by atoms with Gasteiger partial charge >= 0.3 is 0 Å². The molecule has 3 nitrogen and oxygen atoms in total. The van der Waals surface area contributed by atoms with Gasteiger partial charge in [0, 0.05) is 24.4 Å². The van der Waals surface area contributed by atoms with Gasteiger partial charge in [-0.15, -0.1) is 11.8 Å². The van der Waals surface area contributed by atoms with E-state index in [0.717, 1.165) is 18.0 Å². The second kappa shape index (κ2) is 6.11. The van der Waals surface area contributed by atoms with E-state index in [1.807, 2.05) is 16.4 Å². The molecule has 4 heteroatoms. The summed E-state index contributed by atoms with van der Waals surface area (Å²) < 4.78 is 2.03. The van der Waals surface area contributed by atoms with Crippen LogP contribution in [-0.4, -0.2) is 21.6 Å². The summed E-state index contributed by atoms with van der Waals surface area (Å²) in [5.74, 6) is 2.15. The lowest BCUT2D eigenvalue weighted by molar-refractivity contribution is 0.619. The van der Waals surface area contributed by atoms with Crippen molar-refractivity contribution in [2.45, 2.75) is 57.0 Å². The van der Waals surface area contributed by atoms with E-state index < -0.39 is 0 Å². The van der Waals surface area contributed by atoms with Gasteiger partial charge in [0.25, 0.3) is 0 Å². The van der Waals surface area contributed by atoms with Crippen molar-refractivity contribution in [3.8, 4) is 0 Å². The summed E-state index contributed by atoms with van der Waals surface area (Å²) in [5.41, 5.74) is 8.44. The van der Waals surface area contributed by atoms with Crippen molar-refractivity contribution in [3.63, 3.8) is 0 Å². The number of rotatable bonds is 5. The summed E-state index contributed by atoms with van der Waals surface area (Å²) in [7, 11) is 2.05. The van der Waals surface area contributed by atoms with Gasteiger partial charge in [0.15, 0.2) is 0 Å². The molecule has 2 rings (SSSR count). The highest BCUT2D eigenvalue weighted by Crippen LogP contribution is 2.33. The molecule has 18 heavy (non-hydrogen) atoms. The second-order valence-electron chi connectivity index (χ2n) is 5.64. The minimum Gasteiger partial charge on any atom is -0.328 e. The summed E-state index contributed by atoms with van der Waals surface area (Å²) in [6.07, 6.45) is 6.59. The molecule has 0 bridgehead atoms. The van der Waals surface area contributed by atoms with Crippen molar-refractivity contribution >= 4 is 11.8 Å². The summed E-state index contributed by atoms with van der Waals surface area (Å²) in [6.45, 7) is 4.16. The van der Waals surface area contributed by atoms with Gasteiger partial charge in [0.1, 0.15) is 0 Å². The van der Waals surface area contributed by atoms with Crippen LogP contribution in [0.3, 0.4) is 0 Å². The molecule has 1 atom stereocenters. The van der Waals surface area contributed by atoms with E-state index in [9.17, 15) is 0 Å². The average Bonchev–Trinajstić information content (AvgIpc) is 2.87. The minimum atomic E-state index is 0.207. The van der Waals surface area contributed by atoms with Crippen LogP contribution in [0.25, 0.3) is 0 Å². The molecule has 0 spiro atoms. The molecule has 102 valence electrons. The molecule has 1 aromatic rings. The van der Waals surface area contributed by atoms with E-state index in [2.05, 4.69) is 26.0 Å². The first-order valence-electron chi connectivity index (χ1n) is 6.98. The van der Waals surface area contributed by atoms with Crippen molar-refractivity contribution in [1.82, 2.24) is 9.78 Å². The average molecular weight is 267 g/mol. The number of nitrogens with zero attached hydrogens (tertiary/aromatic N) is 2. The van der Waals surface area contributed by atoms with Gasteiger partial charge in [-0.25, -0.2) is 0 Å². The van der Waals surface area contributed by atoms with Crippen molar-refractivity contribution in [3.05, 3.63) is 11.3 Å². The number of hydrogen-bond donors (Lipinski definition) is 1. The number of aryl methyl sites for hydroxylation is 2. The monoisotopic (exact) mass is 267 g/mol. The lowest BCUT2D eigenvalue weighted by Gasteiger charge is -2.11. The maximum atomic E-state index is 5.94. The maximum Gasteiger partial charge on any atom is 0.0972 e. The van der Waals surface area contributed by atoms with Crippen molar-refractivity contribution < 1.29 is 0 Å². The number of thioether (sulfide) groups is 1. The Kier molecular flexibility index (Phi) is 4.73. The second-order valence-corrected chi connectivity index (χ2v) is 6.64. The standard InChI is InChI=1S/C14H25N3S/c1-10(15)8-13-11(2)16-17(3)14(13)18-9-12-6-4-5-7-12/h10,12H,4-9,15H2,1-3H3. The van der Waals surface area contributed by atoms with Crippen molar-refractivity contribution in [1.29, 1.82) is 0 Å². The Morgan fingerprint density at radius 2 is 2.11 bits per heavy atom. The van der Waals surface area contributed by atoms with Gasteiger partial charge in [-0.3, -0.25) is 4.68 Å². The first-order valence-corrected chi connectivity index (χ1v) is 7.97. The fourth-order valence-corrected chi connectivity index (χ4v) is 4.15. The van der Waals surface area contributed by atoms with Crippen LogP contribution < -0.4 is 5.73 Å². The fourth-order valence-electron chi connectivity index (χ4n) is 2.79. The lowest BCUT2D eigenvalue weighted by Crippen LogP contribution is -2.18. The van der Waals surface area contributed by atoms with Crippen LogP contribution in [0, 0.1) is 12.8 Å². The van der Waals surface area contributed by atoms with Crippen LogP contribution in [0.1, 0.15) is 43.9 Å². The van der Waals surface area contributed by atoms with Gasteiger partial charge in [0.05, 0.1) is 10.7 Å². The molecule has 1 aromatic heterocycles. The number of hydrogen-bond acceptors (Lipinski definition) is 3. The van der Waals surface area contributed by atoms with Crippen LogP contribution >= 0.6 is 11.8 Å². The molecular weight excluding hydrogens is 242 g/mol. The summed E-state index contributed by atoms with van der Waals surface area (Å²) in [5, 5.41) is 5.88. The first-order chi connectivity index (χ1) is 8.58. The van der Waals surface area contributed by atoms with Crippen LogP contribution in [0.2, 0.25) is 0 Å². The highest BCUT2D eigenvalue weighted by atomic mass is 32.2. The quantitative estimate of drug-likeness (QED) is 0.834. The van der Waals surface area contributed by atoms with E-state index >= 15 is 0 Å². The Morgan fingerprint density at radius 3 is 2.72 bits per heavy atom. The molecule has 0 radical (unpaired) electrons. The van der Waals surface area contributed by atoms with Crippen LogP contribution in [0.15, 0.2) is 5.03 Å². The third kappa shape index (κ3) is 3.29. The van der Waals surface area contributed by atoms with Crippen LogP contribution in [-0.2, 0) is 13.5 Å². The molecule has 1 saturated carbocycles. The zero-order valence-electron chi connectivity index (χ0n) is 11.8. The highest BCUT2D eigenvalue weighted by molar-refractivity contribution is 7.99. The molecule has 1 aliphatic rings. The third-order valence-corrected chi connectivity index (χ3v) is 5.17. The van der Waals surface area contributed by atoms with E-state index in [1.165, 1.54) is 42.0 Å². The van der Waals surface area contributed by atoms with E-state index in [0.29, 0.717) is 0 Å². The third-order valence-electron chi connectivity index (χ3n) is 3.75. The predicted molar refractivity (Wildman–Crippen MR) is 78.0 cm³/mol. The molecule has 1 aliphatic carbocycles. The van der Waals surface area contributed by atoms with Gasteiger partial charge in [-0.2, -0.15) is 5.10 Å². The zero-order valence-corrected chi connectivity index (χ0v) is 12.6. The van der Waals surface area contributed by atoms with Gasteiger partial charge < -0.3 is 5.73 Å².